The zero-order valence-electron chi connectivity index (χ0n) is 28.6. The van der Waals surface area contributed by atoms with Gasteiger partial charge in [0.2, 0.25) is 0 Å². The van der Waals surface area contributed by atoms with Crippen LogP contribution in [0.15, 0.2) is 30.5 Å². The summed E-state index contributed by atoms with van der Waals surface area (Å²) < 4.78 is 33.0. The van der Waals surface area contributed by atoms with Gasteiger partial charge in [-0.25, -0.2) is 19.0 Å². The number of ether oxygens (including phenoxy) is 3. The largest absolute Gasteiger partial charge is 0.461 e. The monoisotopic (exact) mass is 695 g/mol. The molecule has 0 saturated carbocycles. The van der Waals surface area contributed by atoms with Crippen LogP contribution in [0.25, 0.3) is 10.9 Å². The van der Waals surface area contributed by atoms with E-state index in [0.29, 0.717) is 36.6 Å². The summed E-state index contributed by atoms with van der Waals surface area (Å²) in [7, 11) is 3.30. The maximum absolute atomic E-state index is 15.5. The molecule has 0 spiro atoms. The normalized spacial score (nSPS) is 25.1. The molecule has 14 heteroatoms. The third-order valence-electron chi connectivity index (χ3n) is 10.2. The molecular formula is C35H43ClFN7O5. The molecule has 0 N–H and O–H groups in total. The Hall–Kier alpha value is -3.97. The van der Waals surface area contributed by atoms with Crippen LogP contribution >= 0.6 is 11.6 Å². The van der Waals surface area contributed by atoms with Crippen LogP contribution in [-0.4, -0.2) is 105 Å². The van der Waals surface area contributed by atoms with E-state index in [0.717, 1.165) is 50.6 Å². The summed E-state index contributed by atoms with van der Waals surface area (Å²) in [5, 5.41) is 0.181. The number of anilines is 1. The van der Waals surface area contributed by atoms with Crippen LogP contribution in [0.5, 0.6) is 11.8 Å². The Bertz CT molecular complexity index is 1740. The highest BCUT2D eigenvalue weighted by molar-refractivity contribution is 6.30. The van der Waals surface area contributed by atoms with E-state index in [4.69, 9.17) is 30.8 Å². The second kappa shape index (κ2) is 12.7. The number of aromatic nitrogens is 3. The lowest BCUT2D eigenvalue weighted by Gasteiger charge is -2.42. The number of hydrogen-bond acceptors (Lipinski definition) is 10. The molecule has 6 heterocycles. The molecule has 4 aliphatic rings. The van der Waals surface area contributed by atoms with Gasteiger partial charge in [-0.15, -0.1) is 0 Å². The van der Waals surface area contributed by atoms with Gasteiger partial charge in [0.15, 0.2) is 11.0 Å². The Balaban J connectivity index is 1.11. The molecule has 7 rings (SSSR count). The van der Waals surface area contributed by atoms with Crippen LogP contribution in [0, 0.1) is 5.82 Å². The quantitative estimate of drug-likeness (QED) is 0.276. The van der Waals surface area contributed by atoms with Crippen LogP contribution < -0.4 is 14.4 Å². The molecule has 0 radical (unpaired) electrons. The molecule has 12 nitrogen and oxygen atoms in total. The number of halogens is 2. The zero-order valence-corrected chi connectivity index (χ0v) is 29.4. The molecular weight excluding hydrogens is 653 g/mol. The van der Waals surface area contributed by atoms with E-state index in [1.54, 1.807) is 14.1 Å². The van der Waals surface area contributed by atoms with Crippen molar-refractivity contribution in [3.8, 4) is 11.8 Å². The topological polar surface area (TPSA) is 113 Å². The molecule has 49 heavy (non-hydrogen) atoms. The van der Waals surface area contributed by atoms with Crippen molar-refractivity contribution >= 4 is 40.5 Å². The Morgan fingerprint density at radius 2 is 1.78 bits per heavy atom. The smallest absolute Gasteiger partial charge is 0.414 e. The minimum absolute atomic E-state index is 0.0575. The lowest BCUT2D eigenvalue weighted by Crippen LogP contribution is -2.57. The number of fused-ring (bicyclic) bond motifs is 4. The Morgan fingerprint density at radius 3 is 2.45 bits per heavy atom. The highest BCUT2D eigenvalue weighted by Crippen LogP contribution is 2.49. The minimum atomic E-state index is -0.718. The molecule has 1 aromatic carbocycles. The molecule has 0 aliphatic carbocycles. The van der Waals surface area contributed by atoms with E-state index in [9.17, 15) is 9.59 Å². The van der Waals surface area contributed by atoms with Crippen LogP contribution in [0.2, 0.25) is 5.15 Å². The highest BCUT2D eigenvalue weighted by atomic mass is 35.5. The number of carbonyl (C=O) groups is 2. The summed E-state index contributed by atoms with van der Waals surface area (Å²) in [6, 6.07) is 7.86. The number of pyridine rings is 1. The number of amides is 2. The predicted molar refractivity (Wildman–Crippen MR) is 182 cm³/mol. The third-order valence-corrected chi connectivity index (χ3v) is 10.5. The van der Waals surface area contributed by atoms with Gasteiger partial charge in [-0.2, -0.15) is 9.97 Å². The van der Waals surface area contributed by atoms with E-state index >= 15 is 4.39 Å². The SMILES string of the molecule is CN(C)C(=O)Oc1ccc([C@H]2CC[C@@]3(COc4nc(N5C[C@H]6CC[C@@H](C5)N6C(=O)OC(C)(C)C)c5cnc(Cl)c(F)c5n4)CCCN23)cc1. The van der Waals surface area contributed by atoms with Crippen LogP contribution in [0.1, 0.15) is 70.9 Å². The van der Waals surface area contributed by atoms with Crippen molar-refractivity contribution in [3.05, 3.63) is 47.0 Å². The van der Waals surface area contributed by atoms with Gasteiger partial charge in [0.25, 0.3) is 0 Å². The first-order valence-corrected chi connectivity index (χ1v) is 17.4. The lowest BCUT2D eigenvalue weighted by molar-refractivity contribution is 0.0122. The van der Waals surface area contributed by atoms with E-state index in [2.05, 4.69) is 19.8 Å². The van der Waals surface area contributed by atoms with Gasteiger partial charge in [0.05, 0.1) is 23.0 Å². The number of piperazine rings is 1. The molecule has 2 aromatic heterocycles. The van der Waals surface area contributed by atoms with Crippen molar-refractivity contribution in [1.82, 2.24) is 29.7 Å². The second-order valence-electron chi connectivity index (χ2n) is 14.8. The summed E-state index contributed by atoms with van der Waals surface area (Å²) >= 11 is 6.12. The lowest BCUT2D eigenvalue weighted by atomic mass is 9.95. The Kier molecular flexibility index (Phi) is 8.71. The van der Waals surface area contributed by atoms with Crippen molar-refractivity contribution < 1.29 is 28.2 Å². The fraction of sp³-hybridized carbons (Fsp3) is 0.571. The molecule has 0 unspecified atom stereocenters. The molecule has 262 valence electrons. The summed E-state index contributed by atoms with van der Waals surface area (Å²) in [5.41, 5.74) is 0.404. The van der Waals surface area contributed by atoms with Crippen LogP contribution in [-0.2, 0) is 4.74 Å². The molecule has 4 atom stereocenters. The first kappa shape index (κ1) is 33.5. The number of hydrogen-bond donors (Lipinski definition) is 0. The number of carbonyl (C=O) groups excluding carboxylic acids is 2. The first-order valence-electron chi connectivity index (χ1n) is 17.0. The van der Waals surface area contributed by atoms with E-state index in [1.165, 1.54) is 11.1 Å². The predicted octanol–water partition coefficient (Wildman–Crippen LogP) is 6.21. The maximum Gasteiger partial charge on any atom is 0.414 e. The summed E-state index contributed by atoms with van der Waals surface area (Å²) in [5.74, 6) is 0.302. The van der Waals surface area contributed by atoms with E-state index < -0.39 is 17.5 Å². The van der Waals surface area contributed by atoms with Crippen molar-refractivity contribution in [1.29, 1.82) is 0 Å². The molecule has 4 aliphatic heterocycles. The number of rotatable bonds is 6. The fourth-order valence-electron chi connectivity index (χ4n) is 7.99. The number of nitrogens with zero attached hydrogens (tertiary/aromatic N) is 7. The van der Waals surface area contributed by atoms with Gasteiger partial charge in [-0.05, 0) is 83.5 Å². The standard InChI is InChI=1S/C35H43ClFN7O5/c1-34(2,3)49-33(46)44-22-9-10-23(44)19-42(18-22)30-25-17-38-29(36)27(37)28(25)39-31(40-30)47-20-35-14-6-16-43(35)26(13-15-35)21-7-11-24(12-8-21)48-32(45)41(4)5/h7-8,11-12,17,22-23,26H,6,9-10,13-16,18-20H2,1-5H3/t22-,23+,26-,35-/m1/s1. The van der Waals surface area contributed by atoms with Gasteiger partial charge in [-0.3, -0.25) is 9.80 Å². The highest BCUT2D eigenvalue weighted by Gasteiger charge is 2.50. The van der Waals surface area contributed by atoms with Gasteiger partial charge < -0.3 is 24.0 Å². The van der Waals surface area contributed by atoms with Crippen molar-refractivity contribution in [2.45, 2.75) is 88.6 Å². The zero-order chi connectivity index (χ0) is 34.7. The Morgan fingerprint density at radius 1 is 1.06 bits per heavy atom. The van der Waals surface area contributed by atoms with Gasteiger partial charge >= 0.3 is 18.2 Å². The molecule has 2 amide bonds. The molecule has 2 bridgehead atoms. The number of benzene rings is 1. The average Bonchev–Trinajstić information content (AvgIpc) is 3.71. The maximum atomic E-state index is 15.5. The molecule has 4 saturated heterocycles. The first-order chi connectivity index (χ1) is 23.3. The van der Waals surface area contributed by atoms with Gasteiger partial charge in [-0.1, -0.05) is 23.7 Å². The van der Waals surface area contributed by atoms with Gasteiger partial charge in [0, 0.05) is 39.4 Å². The van der Waals surface area contributed by atoms with Crippen molar-refractivity contribution in [2.24, 2.45) is 0 Å². The average molecular weight is 696 g/mol. The molecule has 4 fully saturated rings. The third kappa shape index (κ3) is 6.42. The van der Waals surface area contributed by atoms with E-state index in [-0.39, 0.29) is 46.4 Å². The molecule has 3 aromatic rings. The van der Waals surface area contributed by atoms with Crippen molar-refractivity contribution in [3.63, 3.8) is 0 Å². The van der Waals surface area contributed by atoms with Crippen LogP contribution in [0.3, 0.4) is 0 Å². The summed E-state index contributed by atoms with van der Waals surface area (Å²) in [4.78, 5) is 46.4. The van der Waals surface area contributed by atoms with Gasteiger partial charge in [0.1, 0.15) is 29.3 Å². The second-order valence-corrected chi connectivity index (χ2v) is 15.2. The fourth-order valence-corrected chi connectivity index (χ4v) is 8.13. The summed E-state index contributed by atoms with van der Waals surface area (Å²) in [6.45, 7) is 7.90. The van der Waals surface area contributed by atoms with Crippen LogP contribution in [0.4, 0.5) is 19.8 Å². The summed E-state index contributed by atoms with van der Waals surface area (Å²) in [6.07, 6.45) is 6.33. The van der Waals surface area contributed by atoms with E-state index in [1.807, 2.05) is 49.9 Å². The van der Waals surface area contributed by atoms with Crippen molar-refractivity contribution in [2.75, 3.05) is 45.2 Å². The Labute approximate surface area is 290 Å². The minimum Gasteiger partial charge on any atom is -0.461 e.